The van der Waals surface area contributed by atoms with Gasteiger partial charge >= 0.3 is 0 Å². The summed E-state index contributed by atoms with van der Waals surface area (Å²) in [5.41, 5.74) is 0. The van der Waals surface area contributed by atoms with Crippen LogP contribution in [0.15, 0.2) is 0 Å². The summed E-state index contributed by atoms with van der Waals surface area (Å²) < 4.78 is 33.5. The van der Waals surface area contributed by atoms with E-state index in [0.29, 0.717) is 17.6 Å². The minimum atomic E-state index is -4.38. The lowest BCUT2D eigenvalue weighted by Crippen LogP contribution is -2.38. The second kappa shape index (κ2) is 23.1. The molecule has 0 saturated carbocycles. The van der Waals surface area contributed by atoms with Crippen molar-refractivity contribution in [1.29, 1.82) is 0 Å². The highest BCUT2D eigenvalue weighted by Crippen LogP contribution is 2.39. The van der Waals surface area contributed by atoms with Crippen LogP contribution in [0, 0.1) is 0 Å². The zero-order valence-corrected chi connectivity index (χ0v) is 24.7. The van der Waals surface area contributed by atoms with Gasteiger partial charge in [0.2, 0.25) is 0 Å². The van der Waals surface area contributed by atoms with Crippen LogP contribution in [0.1, 0.15) is 110 Å². The topological polar surface area (TPSA) is 77.1 Å². The molecule has 0 aliphatic carbocycles. The Balaban J connectivity index is 3.60. The molecule has 35 heavy (non-hydrogen) atoms. The number of nitrogens with zero attached hydrogens (tertiary/aromatic N) is 1. The predicted molar refractivity (Wildman–Crippen MR) is 144 cm³/mol. The third-order valence-corrected chi connectivity index (χ3v) is 7.14. The van der Waals surface area contributed by atoms with E-state index in [-0.39, 0.29) is 19.8 Å². The number of hydrogen-bond acceptors (Lipinski definition) is 6. The molecule has 0 spiro atoms. The number of phosphoric acid groups is 1. The minimum absolute atomic E-state index is 0.0873. The van der Waals surface area contributed by atoms with Gasteiger partial charge in [-0.3, -0.25) is 4.57 Å². The van der Waals surface area contributed by atoms with Gasteiger partial charge in [0.15, 0.2) is 0 Å². The Labute approximate surface area is 217 Å². The number of hydrogen-bond donors (Lipinski definition) is 0. The average Bonchev–Trinajstić information content (AvgIpc) is 2.77. The van der Waals surface area contributed by atoms with E-state index in [4.69, 9.17) is 18.5 Å². The molecule has 0 fully saturated rings. The first-order valence-corrected chi connectivity index (χ1v) is 15.7. The molecule has 7 nitrogen and oxygen atoms in total. The Morgan fingerprint density at radius 2 is 1.17 bits per heavy atom. The Morgan fingerprint density at radius 3 is 1.60 bits per heavy atom. The third-order valence-electron chi connectivity index (χ3n) is 6.09. The number of likely N-dealkylation sites (N-methyl/N-ethyl adjacent to an activating group) is 1. The van der Waals surface area contributed by atoms with Gasteiger partial charge in [-0.05, 0) is 6.42 Å². The summed E-state index contributed by atoms with van der Waals surface area (Å²) in [6, 6.07) is 0. The zero-order valence-electron chi connectivity index (χ0n) is 23.8. The maximum atomic E-state index is 12.1. The molecule has 0 bridgehead atoms. The summed E-state index contributed by atoms with van der Waals surface area (Å²) in [7, 11) is 3.05. The first-order valence-electron chi connectivity index (χ1n) is 14.2. The van der Waals surface area contributed by atoms with E-state index in [1.807, 2.05) is 21.1 Å². The number of unbranched alkanes of at least 4 members (excludes halogenated alkanes) is 15. The minimum Gasteiger partial charge on any atom is -0.756 e. The average molecular weight is 524 g/mol. The van der Waals surface area contributed by atoms with E-state index in [2.05, 4.69) is 6.92 Å². The lowest BCUT2D eigenvalue weighted by molar-refractivity contribution is -0.870. The van der Waals surface area contributed by atoms with Crippen molar-refractivity contribution in [3.8, 4) is 0 Å². The molecule has 0 aromatic carbocycles. The molecular formula is C27H58NO6P. The van der Waals surface area contributed by atoms with E-state index < -0.39 is 13.9 Å². The molecular weight excluding hydrogens is 465 g/mol. The second-order valence-electron chi connectivity index (χ2n) is 10.9. The quantitative estimate of drug-likeness (QED) is 0.0696. The molecule has 212 valence electrons. The van der Waals surface area contributed by atoms with Gasteiger partial charge in [-0.2, -0.15) is 0 Å². The summed E-state index contributed by atoms with van der Waals surface area (Å²) in [4.78, 5) is 12.1. The third kappa shape index (κ3) is 26.9. The molecule has 0 amide bonds. The van der Waals surface area contributed by atoms with E-state index in [1.165, 1.54) is 97.0 Å². The van der Waals surface area contributed by atoms with Gasteiger partial charge in [0, 0.05) is 13.7 Å². The first kappa shape index (κ1) is 35.0. The van der Waals surface area contributed by atoms with Crippen molar-refractivity contribution >= 4 is 7.82 Å². The van der Waals surface area contributed by atoms with E-state index in [1.54, 1.807) is 0 Å². The SMILES string of the molecule is CCCCCCCCCCCCCCCCCCOC[C@@H](COC)OP(=O)([O-])OCC[N+](C)(C)C. The van der Waals surface area contributed by atoms with Crippen molar-refractivity contribution < 1.29 is 32.5 Å². The second-order valence-corrected chi connectivity index (χ2v) is 12.2. The van der Waals surface area contributed by atoms with Crippen molar-refractivity contribution in [1.82, 2.24) is 0 Å². The summed E-state index contributed by atoms with van der Waals surface area (Å²) in [6.45, 7) is 3.86. The molecule has 0 aliphatic rings. The molecule has 0 N–H and O–H groups in total. The molecule has 0 saturated heterocycles. The van der Waals surface area contributed by atoms with E-state index >= 15 is 0 Å². The lowest BCUT2D eigenvalue weighted by atomic mass is 10.0. The smallest absolute Gasteiger partial charge is 0.268 e. The molecule has 0 heterocycles. The number of rotatable bonds is 27. The molecule has 0 aliphatic heterocycles. The molecule has 1 unspecified atom stereocenters. The van der Waals surface area contributed by atoms with Crippen molar-refractivity contribution in [2.75, 3.05) is 61.2 Å². The fourth-order valence-corrected chi connectivity index (χ4v) is 4.75. The molecule has 0 radical (unpaired) electrons. The zero-order chi connectivity index (χ0) is 26.3. The molecule has 8 heteroatoms. The summed E-state index contributed by atoms with van der Waals surface area (Å²) >= 11 is 0. The Hall–Kier alpha value is -0.0100. The highest BCUT2D eigenvalue weighted by Gasteiger charge is 2.20. The Bertz CT molecular complexity index is 501. The van der Waals surface area contributed by atoms with Crippen LogP contribution in [0.3, 0.4) is 0 Å². The van der Waals surface area contributed by atoms with Crippen molar-refractivity contribution in [2.24, 2.45) is 0 Å². The maximum absolute atomic E-state index is 12.1. The van der Waals surface area contributed by atoms with Gasteiger partial charge in [-0.25, -0.2) is 0 Å². The fourth-order valence-electron chi connectivity index (χ4n) is 3.90. The standard InChI is InChI=1S/C27H58NO6P/c1-6-7-8-9-10-11-12-13-14-15-16-17-18-19-20-21-23-32-26-27(25-31-5)34-35(29,30)33-24-22-28(2,3)4/h27H,6-26H2,1-5H3/t27-/m1/s1. The maximum Gasteiger partial charge on any atom is 0.268 e. The number of methoxy groups -OCH3 is 1. The van der Waals surface area contributed by atoms with Gasteiger partial charge in [-0.15, -0.1) is 0 Å². The lowest BCUT2D eigenvalue weighted by Gasteiger charge is -2.29. The number of quaternary nitrogens is 1. The fraction of sp³-hybridized carbons (Fsp3) is 1.00. The van der Waals surface area contributed by atoms with Crippen LogP contribution in [0.2, 0.25) is 0 Å². The van der Waals surface area contributed by atoms with Gasteiger partial charge in [0.05, 0.1) is 34.4 Å². The highest BCUT2D eigenvalue weighted by atomic mass is 31.2. The largest absolute Gasteiger partial charge is 0.756 e. The monoisotopic (exact) mass is 523 g/mol. The van der Waals surface area contributed by atoms with E-state index in [0.717, 1.165) is 12.8 Å². The van der Waals surface area contributed by atoms with Crippen LogP contribution < -0.4 is 4.89 Å². The highest BCUT2D eigenvalue weighted by molar-refractivity contribution is 7.45. The number of ether oxygens (including phenoxy) is 2. The summed E-state index contributed by atoms with van der Waals surface area (Å²) in [5.74, 6) is 0. The van der Waals surface area contributed by atoms with Gasteiger partial charge in [0.25, 0.3) is 7.82 Å². The van der Waals surface area contributed by atoms with E-state index in [9.17, 15) is 9.46 Å². The van der Waals surface area contributed by atoms with Crippen molar-refractivity contribution in [3.05, 3.63) is 0 Å². The molecule has 0 aromatic heterocycles. The Morgan fingerprint density at radius 1 is 0.714 bits per heavy atom. The van der Waals surface area contributed by atoms with Crippen LogP contribution in [0.5, 0.6) is 0 Å². The van der Waals surface area contributed by atoms with Gasteiger partial charge in [0.1, 0.15) is 19.3 Å². The molecule has 2 atom stereocenters. The molecule has 0 aromatic rings. The van der Waals surface area contributed by atoms with Crippen molar-refractivity contribution in [2.45, 2.75) is 116 Å². The van der Waals surface area contributed by atoms with Crippen LogP contribution in [-0.2, 0) is 23.1 Å². The molecule has 0 rings (SSSR count). The van der Waals surface area contributed by atoms with Gasteiger partial charge < -0.3 is 27.9 Å². The Kier molecular flexibility index (Phi) is 23.1. The number of phosphoric ester groups is 1. The normalized spacial score (nSPS) is 14.8. The van der Waals surface area contributed by atoms with Crippen LogP contribution in [-0.4, -0.2) is 71.8 Å². The van der Waals surface area contributed by atoms with Crippen LogP contribution >= 0.6 is 7.82 Å². The van der Waals surface area contributed by atoms with Crippen LogP contribution in [0.25, 0.3) is 0 Å². The van der Waals surface area contributed by atoms with Crippen LogP contribution in [0.4, 0.5) is 0 Å². The predicted octanol–water partition coefficient (Wildman–Crippen LogP) is 6.49. The summed E-state index contributed by atoms with van der Waals surface area (Å²) in [5, 5.41) is 0. The first-order chi connectivity index (χ1) is 16.7. The van der Waals surface area contributed by atoms with Crippen molar-refractivity contribution in [3.63, 3.8) is 0 Å². The summed E-state index contributed by atoms with van der Waals surface area (Å²) in [6.07, 6.45) is 20.7. The van der Waals surface area contributed by atoms with Gasteiger partial charge in [-0.1, -0.05) is 103 Å².